The van der Waals surface area contributed by atoms with Crippen LogP contribution in [-0.4, -0.2) is 13.0 Å². The Hall–Kier alpha value is -1.72. The molecular formula is C16H17FO3S. The standard InChI is InChI=1S/C16H17FO3S/c1-3-13(14-6-4-5-7-16(14)17)15-10-12(21(18,19)20)9-8-11(15)2/h4-10,13H,3H2,1-2H3,(H,18,19,20). The number of hydrogen-bond donors (Lipinski definition) is 1. The molecule has 1 N–H and O–H groups in total. The lowest BCUT2D eigenvalue weighted by Crippen LogP contribution is -2.07. The van der Waals surface area contributed by atoms with Crippen molar-refractivity contribution >= 4 is 10.1 Å². The molecule has 0 spiro atoms. The molecule has 0 aliphatic carbocycles. The van der Waals surface area contributed by atoms with Gasteiger partial charge in [0.25, 0.3) is 10.1 Å². The maximum absolute atomic E-state index is 14.0. The Balaban J connectivity index is 2.60. The molecule has 1 atom stereocenters. The lowest BCUT2D eigenvalue weighted by atomic mass is 9.86. The second kappa shape index (κ2) is 5.95. The normalized spacial score (nSPS) is 13.1. The first kappa shape index (κ1) is 15.7. The monoisotopic (exact) mass is 308 g/mol. The van der Waals surface area contributed by atoms with Gasteiger partial charge in [-0.25, -0.2) is 4.39 Å². The number of halogens is 1. The number of benzene rings is 2. The van der Waals surface area contributed by atoms with E-state index in [1.54, 1.807) is 24.3 Å². The molecule has 2 aromatic carbocycles. The van der Waals surface area contributed by atoms with Crippen molar-refractivity contribution < 1.29 is 17.4 Å². The Labute approximate surface area is 124 Å². The van der Waals surface area contributed by atoms with E-state index in [-0.39, 0.29) is 16.6 Å². The fourth-order valence-electron chi connectivity index (χ4n) is 2.52. The molecule has 0 aliphatic heterocycles. The third-order valence-corrected chi connectivity index (χ3v) is 4.46. The zero-order valence-electron chi connectivity index (χ0n) is 11.9. The zero-order chi connectivity index (χ0) is 15.6. The number of hydrogen-bond acceptors (Lipinski definition) is 2. The van der Waals surface area contributed by atoms with Crippen molar-refractivity contribution in [1.82, 2.24) is 0 Å². The van der Waals surface area contributed by atoms with E-state index < -0.39 is 10.1 Å². The SMILES string of the molecule is CCC(c1cc(S(=O)(=O)O)ccc1C)c1ccccc1F. The van der Waals surface area contributed by atoms with Gasteiger partial charge >= 0.3 is 0 Å². The molecule has 0 bridgehead atoms. The second-order valence-corrected chi connectivity index (χ2v) is 6.40. The molecule has 1 unspecified atom stereocenters. The molecule has 112 valence electrons. The molecule has 3 nitrogen and oxygen atoms in total. The molecule has 5 heteroatoms. The predicted octanol–water partition coefficient (Wildman–Crippen LogP) is 3.92. The minimum absolute atomic E-state index is 0.169. The van der Waals surface area contributed by atoms with Gasteiger partial charge in [-0.3, -0.25) is 4.55 Å². The van der Waals surface area contributed by atoms with Crippen LogP contribution in [0.15, 0.2) is 47.4 Å². The highest BCUT2D eigenvalue weighted by Crippen LogP contribution is 2.33. The lowest BCUT2D eigenvalue weighted by molar-refractivity contribution is 0.483. The van der Waals surface area contributed by atoms with Crippen LogP contribution in [-0.2, 0) is 10.1 Å². The van der Waals surface area contributed by atoms with E-state index in [1.165, 1.54) is 18.2 Å². The highest BCUT2D eigenvalue weighted by molar-refractivity contribution is 7.85. The van der Waals surface area contributed by atoms with Crippen molar-refractivity contribution in [3.05, 3.63) is 65.0 Å². The Morgan fingerprint density at radius 2 is 1.81 bits per heavy atom. The summed E-state index contributed by atoms with van der Waals surface area (Å²) in [6.07, 6.45) is 0.622. The summed E-state index contributed by atoms with van der Waals surface area (Å²) >= 11 is 0. The number of aryl methyl sites for hydroxylation is 1. The van der Waals surface area contributed by atoms with Crippen molar-refractivity contribution in [2.75, 3.05) is 0 Å². The second-order valence-electron chi connectivity index (χ2n) is 4.98. The first-order valence-electron chi connectivity index (χ1n) is 6.67. The van der Waals surface area contributed by atoms with Crippen LogP contribution in [0.3, 0.4) is 0 Å². The van der Waals surface area contributed by atoms with Crippen LogP contribution in [0.4, 0.5) is 4.39 Å². The summed E-state index contributed by atoms with van der Waals surface area (Å²) in [5.41, 5.74) is 2.09. The summed E-state index contributed by atoms with van der Waals surface area (Å²) in [6, 6.07) is 10.9. The van der Waals surface area contributed by atoms with Crippen LogP contribution in [0.25, 0.3) is 0 Å². The topological polar surface area (TPSA) is 54.4 Å². The van der Waals surface area contributed by atoms with E-state index in [0.717, 1.165) is 5.56 Å². The fourth-order valence-corrected chi connectivity index (χ4v) is 3.04. The van der Waals surface area contributed by atoms with Gasteiger partial charge in [-0.15, -0.1) is 0 Å². The Morgan fingerprint density at radius 1 is 1.14 bits per heavy atom. The summed E-state index contributed by atoms with van der Waals surface area (Å²) in [5.74, 6) is -0.575. The highest BCUT2D eigenvalue weighted by atomic mass is 32.2. The fraction of sp³-hybridized carbons (Fsp3) is 0.250. The minimum atomic E-state index is -4.27. The third-order valence-electron chi connectivity index (χ3n) is 3.61. The van der Waals surface area contributed by atoms with Gasteiger partial charge in [0.2, 0.25) is 0 Å². The average Bonchev–Trinajstić information content (AvgIpc) is 2.42. The van der Waals surface area contributed by atoms with Gasteiger partial charge in [-0.2, -0.15) is 8.42 Å². The van der Waals surface area contributed by atoms with Gasteiger partial charge in [-0.05, 0) is 48.2 Å². The van der Waals surface area contributed by atoms with Crippen LogP contribution in [0.2, 0.25) is 0 Å². The van der Waals surface area contributed by atoms with E-state index in [1.807, 2.05) is 13.8 Å². The lowest BCUT2D eigenvalue weighted by Gasteiger charge is -2.19. The molecule has 0 aromatic heterocycles. The molecule has 0 saturated heterocycles. The van der Waals surface area contributed by atoms with Gasteiger partial charge in [-0.1, -0.05) is 31.2 Å². The summed E-state index contributed by atoms with van der Waals surface area (Å²) in [5, 5.41) is 0. The molecule has 0 amide bonds. The van der Waals surface area contributed by atoms with Gasteiger partial charge in [0.05, 0.1) is 4.90 Å². The van der Waals surface area contributed by atoms with Crippen molar-refractivity contribution in [2.24, 2.45) is 0 Å². The minimum Gasteiger partial charge on any atom is -0.282 e. The van der Waals surface area contributed by atoms with E-state index in [4.69, 9.17) is 0 Å². The first-order chi connectivity index (χ1) is 9.84. The largest absolute Gasteiger partial charge is 0.294 e. The summed E-state index contributed by atoms with van der Waals surface area (Å²) < 4.78 is 45.8. The van der Waals surface area contributed by atoms with Crippen molar-refractivity contribution in [3.8, 4) is 0 Å². The third kappa shape index (κ3) is 3.31. The first-order valence-corrected chi connectivity index (χ1v) is 8.11. The molecule has 2 aromatic rings. The van der Waals surface area contributed by atoms with Crippen LogP contribution in [0.5, 0.6) is 0 Å². The molecule has 2 rings (SSSR count). The van der Waals surface area contributed by atoms with E-state index in [9.17, 15) is 17.4 Å². The zero-order valence-corrected chi connectivity index (χ0v) is 12.7. The Kier molecular flexibility index (Phi) is 4.44. The van der Waals surface area contributed by atoms with Crippen LogP contribution in [0.1, 0.15) is 36.0 Å². The van der Waals surface area contributed by atoms with Gasteiger partial charge in [0.15, 0.2) is 0 Å². The van der Waals surface area contributed by atoms with Crippen molar-refractivity contribution in [1.29, 1.82) is 0 Å². The quantitative estimate of drug-likeness (QED) is 0.871. The van der Waals surface area contributed by atoms with Gasteiger partial charge < -0.3 is 0 Å². The highest BCUT2D eigenvalue weighted by Gasteiger charge is 2.20. The van der Waals surface area contributed by atoms with E-state index >= 15 is 0 Å². The van der Waals surface area contributed by atoms with Crippen LogP contribution in [0, 0.1) is 12.7 Å². The molecular weight excluding hydrogens is 291 g/mol. The molecule has 21 heavy (non-hydrogen) atoms. The molecule has 0 fully saturated rings. The molecule has 0 aliphatic rings. The molecule has 0 saturated carbocycles. The summed E-state index contributed by atoms with van der Waals surface area (Å²) in [4.78, 5) is -0.169. The van der Waals surface area contributed by atoms with E-state index in [2.05, 4.69) is 0 Å². The number of rotatable bonds is 4. The van der Waals surface area contributed by atoms with Crippen molar-refractivity contribution in [3.63, 3.8) is 0 Å². The maximum Gasteiger partial charge on any atom is 0.294 e. The maximum atomic E-state index is 14.0. The Bertz CT molecular complexity index is 754. The van der Waals surface area contributed by atoms with Gasteiger partial charge in [0, 0.05) is 5.92 Å². The summed E-state index contributed by atoms with van der Waals surface area (Å²) in [7, 11) is -4.27. The molecule has 0 radical (unpaired) electrons. The van der Waals surface area contributed by atoms with Gasteiger partial charge in [0.1, 0.15) is 5.82 Å². The van der Waals surface area contributed by atoms with Crippen molar-refractivity contribution in [2.45, 2.75) is 31.1 Å². The molecule has 0 heterocycles. The summed E-state index contributed by atoms with van der Waals surface area (Å²) in [6.45, 7) is 3.75. The smallest absolute Gasteiger partial charge is 0.282 e. The van der Waals surface area contributed by atoms with Crippen LogP contribution >= 0.6 is 0 Å². The van der Waals surface area contributed by atoms with Crippen LogP contribution < -0.4 is 0 Å². The van der Waals surface area contributed by atoms with E-state index in [0.29, 0.717) is 17.5 Å². The predicted molar refractivity (Wildman–Crippen MR) is 79.5 cm³/mol. The average molecular weight is 308 g/mol. The Morgan fingerprint density at radius 3 is 2.38 bits per heavy atom.